The highest BCUT2D eigenvalue weighted by Crippen LogP contribution is 2.24. The van der Waals surface area contributed by atoms with Crippen LogP contribution in [0.1, 0.15) is 5.69 Å². The molecule has 2 aromatic rings. The molecule has 0 fully saturated rings. The predicted octanol–water partition coefficient (Wildman–Crippen LogP) is 2.30. The van der Waals surface area contributed by atoms with Crippen molar-refractivity contribution in [1.82, 2.24) is 9.97 Å². The summed E-state index contributed by atoms with van der Waals surface area (Å²) in [5.74, 6) is 0.148. The third-order valence-corrected chi connectivity index (χ3v) is 2.76. The molecule has 1 aromatic carbocycles. The van der Waals surface area contributed by atoms with Gasteiger partial charge in [0, 0.05) is 6.54 Å². The van der Waals surface area contributed by atoms with E-state index < -0.39 is 12.7 Å². The van der Waals surface area contributed by atoms with Gasteiger partial charge in [0.2, 0.25) is 0 Å². The molecule has 0 radical (unpaired) electrons. The quantitative estimate of drug-likeness (QED) is 0.936. The highest BCUT2D eigenvalue weighted by Gasteiger charge is 2.32. The van der Waals surface area contributed by atoms with Gasteiger partial charge >= 0.3 is 6.18 Å². The lowest BCUT2D eigenvalue weighted by molar-refractivity contribution is -0.120. The maximum Gasteiger partial charge on any atom is 0.405 e. The van der Waals surface area contributed by atoms with Crippen LogP contribution in [-0.4, -0.2) is 40.9 Å². The number of alkyl halides is 3. The maximum atomic E-state index is 12.6. The molecule has 0 bridgehead atoms. The van der Waals surface area contributed by atoms with Crippen LogP contribution in [0, 0.1) is 6.92 Å². The standard InChI is InChI=1S/C13H14F3N3O/c1-9-12(19(6-7-20)8-13(14,15)16)18-11-5-3-2-4-10(11)17-9/h2-5,20H,6-8H2,1H3. The van der Waals surface area contributed by atoms with E-state index in [0.717, 1.165) is 4.90 Å². The van der Waals surface area contributed by atoms with Gasteiger partial charge in [0.1, 0.15) is 6.54 Å². The molecule has 1 N–H and O–H groups in total. The van der Waals surface area contributed by atoms with Crippen LogP contribution < -0.4 is 4.90 Å². The molecule has 0 aliphatic carbocycles. The van der Waals surface area contributed by atoms with Crippen LogP contribution >= 0.6 is 0 Å². The van der Waals surface area contributed by atoms with Crippen LogP contribution in [0.4, 0.5) is 19.0 Å². The summed E-state index contributed by atoms with van der Waals surface area (Å²) in [6, 6.07) is 6.98. The number of fused-ring (bicyclic) bond motifs is 1. The summed E-state index contributed by atoms with van der Waals surface area (Å²) in [5.41, 5.74) is 1.56. The van der Waals surface area contributed by atoms with Crippen LogP contribution in [0.15, 0.2) is 24.3 Å². The summed E-state index contributed by atoms with van der Waals surface area (Å²) in [6.45, 7) is -0.0889. The number of hydrogen-bond donors (Lipinski definition) is 1. The Kier molecular flexibility index (Phi) is 4.08. The Morgan fingerprint density at radius 3 is 2.30 bits per heavy atom. The molecule has 0 aliphatic heterocycles. The van der Waals surface area contributed by atoms with Crippen LogP contribution in [0.3, 0.4) is 0 Å². The molecule has 2 rings (SSSR count). The van der Waals surface area contributed by atoms with E-state index in [4.69, 9.17) is 5.11 Å². The highest BCUT2D eigenvalue weighted by molar-refractivity contribution is 5.76. The molecule has 0 saturated carbocycles. The smallest absolute Gasteiger partial charge is 0.395 e. The molecule has 108 valence electrons. The first-order chi connectivity index (χ1) is 9.40. The molecular weight excluding hydrogens is 271 g/mol. The van der Waals surface area contributed by atoms with Crippen LogP contribution in [0.5, 0.6) is 0 Å². The molecule has 1 heterocycles. The first kappa shape index (κ1) is 14.5. The third-order valence-electron chi connectivity index (χ3n) is 2.76. The molecule has 0 spiro atoms. The molecule has 7 heteroatoms. The number of hydrogen-bond acceptors (Lipinski definition) is 4. The van der Waals surface area contributed by atoms with Gasteiger partial charge in [-0.3, -0.25) is 0 Å². The fourth-order valence-corrected chi connectivity index (χ4v) is 1.98. The minimum absolute atomic E-state index is 0.145. The largest absolute Gasteiger partial charge is 0.405 e. The van der Waals surface area contributed by atoms with Crippen molar-refractivity contribution < 1.29 is 18.3 Å². The van der Waals surface area contributed by atoms with Gasteiger partial charge in [-0.2, -0.15) is 13.2 Å². The van der Waals surface area contributed by atoms with Gasteiger partial charge in [-0.05, 0) is 19.1 Å². The van der Waals surface area contributed by atoms with E-state index in [1.807, 2.05) is 0 Å². The Morgan fingerprint density at radius 1 is 1.15 bits per heavy atom. The van der Waals surface area contributed by atoms with Crippen LogP contribution in [0.25, 0.3) is 11.0 Å². The molecule has 0 aliphatic rings. The Balaban J connectivity index is 2.44. The fraction of sp³-hybridized carbons (Fsp3) is 0.385. The normalized spacial score (nSPS) is 11.8. The van der Waals surface area contributed by atoms with E-state index in [9.17, 15) is 13.2 Å². The molecule has 0 atom stereocenters. The van der Waals surface area contributed by atoms with E-state index in [1.165, 1.54) is 0 Å². The van der Waals surface area contributed by atoms with E-state index in [1.54, 1.807) is 31.2 Å². The molecule has 1 aromatic heterocycles. The Hall–Kier alpha value is -1.89. The average Bonchev–Trinajstić information content (AvgIpc) is 2.36. The van der Waals surface area contributed by atoms with Gasteiger partial charge in [-0.1, -0.05) is 12.1 Å². The van der Waals surface area contributed by atoms with Crippen molar-refractivity contribution in [3.05, 3.63) is 30.0 Å². The van der Waals surface area contributed by atoms with Crippen LogP contribution in [0.2, 0.25) is 0 Å². The number of rotatable bonds is 4. The number of halogens is 3. The number of benzene rings is 1. The van der Waals surface area contributed by atoms with Crippen molar-refractivity contribution in [3.63, 3.8) is 0 Å². The number of aliphatic hydroxyl groups is 1. The molecule has 0 unspecified atom stereocenters. The van der Waals surface area contributed by atoms with E-state index >= 15 is 0 Å². The second kappa shape index (κ2) is 5.62. The molecule has 0 saturated heterocycles. The lowest BCUT2D eigenvalue weighted by atomic mass is 10.2. The summed E-state index contributed by atoms with van der Waals surface area (Å²) in [6.07, 6.45) is -4.37. The summed E-state index contributed by atoms with van der Waals surface area (Å²) in [5, 5.41) is 8.94. The number of anilines is 1. The minimum Gasteiger partial charge on any atom is -0.395 e. The van der Waals surface area contributed by atoms with Gasteiger partial charge in [0.25, 0.3) is 0 Å². The molecule has 0 amide bonds. The van der Waals surface area contributed by atoms with E-state index in [0.29, 0.717) is 16.7 Å². The van der Waals surface area contributed by atoms with Crippen LogP contribution in [-0.2, 0) is 0 Å². The maximum absolute atomic E-state index is 12.6. The monoisotopic (exact) mass is 285 g/mol. The van der Waals surface area contributed by atoms with Gasteiger partial charge in [-0.15, -0.1) is 0 Å². The van der Waals surface area contributed by atoms with Crippen molar-refractivity contribution in [1.29, 1.82) is 0 Å². The zero-order chi connectivity index (χ0) is 14.8. The molecule has 20 heavy (non-hydrogen) atoms. The Bertz CT molecular complexity index is 601. The first-order valence-corrected chi connectivity index (χ1v) is 6.06. The van der Waals surface area contributed by atoms with Crippen molar-refractivity contribution in [2.24, 2.45) is 0 Å². The Morgan fingerprint density at radius 2 is 1.75 bits per heavy atom. The van der Waals surface area contributed by atoms with Gasteiger partial charge < -0.3 is 10.0 Å². The number of para-hydroxylation sites is 2. The molecular formula is C13H14F3N3O. The van der Waals surface area contributed by atoms with Crippen molar-refractivity contribution in [2.45, 2.75) is 13.1 Å². The van der Waals surface area contributed by atoms with Gasteiger partial charge in [0.15, 0.2) is 5.82 Å². The number of aromatic nitrogens is 2. The zero-order valence-corrected chi connectivity index (χ0v) is 10.9. The van der Waals surface area contributed by atoms with E-state index in [-0.39, 0.29) is 19.0 Å². The van der Waals surface area contributed by atoms with Crippen molar-refractivity contribution in [2.75, 3.05) is 24.6 Å². The fourth-order valence-electron chi connectivity index (χ4n) is 1.98. The average molecular weight is 285 g/mol. The number of aryl methyl sites for hydroxylation is 1. The second-order valence-electron chi connectivity index (χ2n) is 4.38. The highest BCUT2D eigenvalue weighted by atomic mass is 19.4. The van der Waals surface area contributed by atoms with Crippen molar-refractivity contribution in [3.8, 4) is 0 Å². The van der Waals surface area contributed by atoms with Gasteiger partial charge in [-0.25, -0.2) is 9.97 Å². The van der Waals surface area contributed by atoms with E-state index in [2.05, 4.69) is 9.97 Å². The lowest BCUT2D eigenvalue weighted by Crippen LogP contribution is -2.37. The zero-order valence-electron chi connectivity index (χ0n) is 10.9. The summed E-state index contributed by atoms with van der Waals surface area (Å²) in [7, 11) is 0. The lowest BCUT2D eigenvalue weighted by Gasteiger charge is -2.25. The minimum atomic E-state index is -4.37. The second-order valence-corrected chi connectivity index (χ2v) is 4.38. The molecule has 4 nitrogen and oxygen atoms in total. The predicted molar refractivity (Wildman–Crippen MR) is 69.6 cm³/mol. The van der Waals surface area contributed by atoms with Gasteiger partial charge in [0.05, 0.1) is 23.3 Å². The van der Waals surface area contributed by atoms with Crippen molar-refractivity contribution >= 4 is 16.9 Å². The number of aliphatic hydroxyl groups excluding tert-OH is 1. The topological polar surface area (TPSA) is 49.2 Å². The third kappa shape index (κ3) is 3.36. The Labute approximate surface area is 113 Å². The first-order valence-electron chi connectivity index (χ1n) is 6.06. The number of nitrogens with zero attached hydrogens (tertiary/aromatic N) is 3. The summed E-state index contributed by atoms with van der Waals surface area (Å²) in [4.78, 5) is 9.48. The SMILES string of the molecule is Cc1nc2ccccc2nc1N(CCO)CC(F)(F)F. The summed E-state index contributed by atoms with van der Waals surface area (Å²) < 4.78 is 37.8. The summed E-state index contributed by atoms with van der Waals surface area (Å²) >= 11 is 0.